The van der Waals surface area contributed by atoms with Crippen LogP contribution in [0.25, 0.3) is 66.4 Å². The summed E-state index contributed by atoms with van der Waals surface area (Å²) in [5.41, 5.74) is 21.2. The van der Waals surface area contributed by atoms with E-state index in [2.05, 4.69) is 209 Å². The van der Waals surface area contributed by atoms with E-state index in [1.807, 2.05) is 26.0 Å². The lowest BCUT2D eigenvalue weighted by Gasteiger charge is -2.33. The summed E-state index contributed by atoms with van der Waals surface area (Å²) in [5.74, 6) is 7.07. The smallest absolute Gasteiger partial charge is 0.119 e. The van der Waals surface area contributed by atoms with E-state index in [1.165, 1.54) is 88.9 Å². The highest BCUT2D eigenvalue weighted by Gasteiger charge is 2.39. The van der Waals surface area contributed by atoms with E-state index >= 15 is 0 Å². The number of rotatable bonds is 7. The molecule has 11 rings (SSSR count). The van der Waals surface area contributed by atoms with Crippen molar-refractivity contribution in [3.63, 3.8) is 0 Å². The van der Waals surface area contributed by atoms with E-state index < -0.39 is 0 Å². The van der Waals surface area contributed by atoms with Crippen LogP contribution in [0.1, 0.15) is 82.7 Å². The lowest BCUT2D eigenvalue weighted by molar-refractivity contribution is 0.470. The van der Waals surface area contributed by atoms with Gasteiger partial charge in [0.25, 0.3) is 0 Å². The first-order valence-corrected chi connectivity index (χ1v) is 23.0. The molecule has 314 valence electrons. The average molecular weight is 830 g/mol. The summed E-state index contributed by atoms with van der Waals surface area (Å²) in [6, 6.07) is 57.6. The summed E-state index contributed by atoms with van der Waals surface area (Å²) >= 11 is 0. The largest absolute Gasteiger partial charge is 0.508 e. The molecule has 3 aliphatic rings. The monoisotopic (exact) mass is 829 g/mol. The number of allylic oxidation sites excluding steroid dienone is 1. The predicted molar refractivity (Wildman–Crippen MR) is 272 cm³/mol. The Labute approximate surface area is 379 Å². The Kier molecular flexibility index (Phi) is 10.2. The van der Waals surface area contributed by atoms with Gasteiger partial charge in [0.2, 0.25) is 0 Å². The average Bonchev–Trinajstić information content (AvgIpc) is 3.86. The van der Waals surface area contributed by atoms with E-state index in [0.717, 1.165) is 16.7 Å². The summed E-state index contributed by atoms with van der Waals surface area (Å²) in [4.78, 5) is 2.53. The molecule has 0 radical (unpaired) electrons. The molecule has 0 fully saturated rings. The third-order valence-electron chi connectivity index (χ3n) is 14.0. The van der Waals surface area contributed by atoms with Crippen LogP contribution in [-0.4, -0.2) is 11.1 Å². The highest BCUT2D eigenvalue weighted by Crippen LogP contribution is 2.55. The molecule has 8 aromatic rings. The third-order valence-corrected chi connectivity index (χ3v) is 14.0. The Morgan fingerprint density at radius 1 is 0.547 bits per heavy atom. The second-order valence-electron chi connectivity index (χ2n) is 18.4. The van der Waals surface area contributed by atoms with Crippen molar-refractivity contribution in [2.75, 3.05) is 4.90 Å². The van der Waals surface area contributed by atoms with Crippen molar-refractivity contribution in [1.29, 1.82) is 0 Å². The van der Waals surface area contributed by atoms with E-state index in [-0.39, 0.29) is 22.6 Å². The van der Waals surface area contributed by atoms with Crippen molar-refractivity contribution in [2.24, 2.45) is 0 Å². The van der Waals surface area contributed by atoms with Gasteiger partial charge < -0.3 is 10.0 Å². The fourth-order valence-electron chi connectivity index (χ4n) is 10.9. The molecule has 2 heteroatoms. The van der Waals surface area contributed by atoms with Crippen LogP contribution >= 0.6 is 0 Å². The molecular formula is C62H55NO. The zero-order valence-corrected chi connectivity index (χ0v) is 38.1. The minimum absolute atomic E-state index is 0.0378. The normalized spacial score (nSPS) is 14.4. The first-order chi connectivity index (χ1) is 31.1. The molecule has 0 amide bonds. The van der Waals surface area contributed by atoms with Gasteiger partial charge in [0.15, 0.2) is 0 Å². The Morgan fingerprint density at radius 2 is 1.17 bits per heavy atom. The molecule has 8 aromatic carbocycles. The van der Waals surface area contributed by atoms with Crippen LogP contribution in [-0.2, 0) is 17.3 Å². The topological polar surface area (TPSA) is 23.5 Å². The zero-order valence-electron chi connectivity index (χ0n) is 38.1. The van der Waals surface area contributed by atoms with Gasteiger partial charge in [0.1, 0.15) is 5.75 Å². The molecule has 0 saturated carbocycles. The van der Waals surface area contributed by atoms with Crippen molar-refractivity contribution in [2.45, 2.75) is 78.2 Å². The second kappa shape index (κ2) is 15.9. The molecule has 0 aliphatic heterocycles. The first kappa shape index (κ1) is 41.0. The van der Waals surface area contributed by atoms with Crippen LogP contribution in [0.4, 0.5) is 11.4 Å². The number of phenolic OH excluding ortho intramolecular Hbond substituents is 1. The van der Waals surface area contributed by atoms with Gasteiger partial charge in [0, 0.05) is 52.2 Å². The first-order valence-electron chi connectivity index (χ1n) is 23.0. The number of benzene rings is 8. The molecule has 64 heavy (non-hydrogen) atoms. The van der Waals surface area contributed by atoms with E-state index in [4.69, 9.17) is 0 Å². The van der Waals surface area contributed by atoms with Gasteiger partial charge in [-0.3, -0.25) is 0 Å². The van der Waals surface area contributed by atoms with Crippen molar-refractivity contribution in [3.8, 4) is 73.2 Å². The summed E-state index contributed by atoms with van der Waals surface area (Å²) in [6.45, 7) is 15.7. The Balaban J connectivity index is 0.00000239. The summed E-state index contributed by atoms with van der Waals surface area (Å²) in [6.07, 6.45) is 5.60. The van der Waals surface area contributed by atoms with Crippen LogP contribution in [0.5, 0.6) is 5.75 Å². The van der Waals surface area contributed by atoms with Crippen molar-refractivity contribution >= 4 is 22.1 Å². The van der Waals surface area contributed by atoms with Crippen molar-refractivity contribution < 1.29 is 5.11 Å². The van der Waals surface area contributed by atoms with Gasteiger partial charge in [-0.15, -0.1) is 0 Å². The molecule has 0 bridgehead atoms. The molecule has 2 nitrogen and oxygen atoms in total. The van der Waals surface area contributed by atoms with Gasteiger partial charge in [0.05, 0.1) is 0 Å². The summed E-state index contributed by atoms with van der Waals surface area (Å²) < 4.78 is 0. The quantitative estimate of drug-likeness (QED) is 0.128. The number of phenols is 1. The highest BCUT2D eigenvalue weighted by molar-refractivity contribution is 6.16. The number of hydrogen-bond donors (Lipinski definition) is 1. The standard InChI is InChI=1S/C60H49NO.C2H6/c1-38(18-8-6-7-9-19-40-34-39(30-33-56(40)62)42-35-41-20-16-25-48-44-21-10-11-22-45(44)50(36-42)57(41)48)61(43-31-32-47-46-23-12-14-26-51(46)60(4,5)54(47)37-43)55-29-17-28-53-58(55)49-24-13-15-27-52(49)59(53,2)3;1-2/h8,10-18,20-38,62H,6,19H2,1-5H3;1-2H3/b18-8-;. The molecule has 3 aliphatic carbocycles. The highest BCUT2D eigenvalue weighted by atomic mass is 16.3. The number of nitrogens with zero attached hydrogens (tertiary/aromatic N) is 1. The molecule has 0 aromatic heterocycles. The van der Waals surface area contributed by atoms with E-state index in [0.29, 0.717) is 12.8 Å². The van der Waals surface area contributed by atoms with Gasteiger partial charge in [-0.05, 0) is 132 Å². The van der Waals surface area contributed by atoms with Crippen LogP contribution in [0.2, 0.25) is 0 Å². The maximum Gasteiger partial charge on any atom is 0.119 e. The zero-order chi connectivity index (χ0) is 44.3. The van der Waals surface area contributed by atoms with Crippen LogP contribution in [0, 0.1) is 11.8 Å². The molecule has 0 saturated heterocycles. The Bertz CT molecular complexity index is 3240. The third kappa shape index (κ3) is 6.48. The van der Waals surface area contributed by atoms with Gasteiger partial charge in [-0.1, -0.05) is 181 Å². The lowest BCUT2D eigenvalue weighted by atomic mass is 9.82. The van der Waals surface area contributed by atoms with Gasteiger partial charge >= 0.3 is 0 Å². The molecule has 1 N–H and O–H groups in total. The van der Waals surface area contributed by atoms with Crippen LogP contribution in [0.15, 0.2) is 170 Å². The van der Waals surface area contributed by atoms with Crippen molar-refractivity contribution in [1.82, 2.24) is 0 Å². The maximum absolute atomic E-state index is 11.0. The molecule has 1 atom stereocenters. The van der Waals surface area contributed by atoms with Gasteiger partial charge in [-0.2, -0.15) is 0 Å². The van der Waals surface area contributed by atoms with E-state index in [9.17, 15) is 5.11 Å². The van der Waals surface area contributed by atoms with Crippen LogP contribution in [0.3, 0.4) is 0 Å². The van der Waals surface area contributed by atoms with Crippen molar-refractivity contribution in [3.05, 3.63) is 198 Å². The lowest BCUT2D eigenvalue weighted by Crippen LogP contribution is -2.28. The maximum atomic E-state index is 11.0. The summed E-state index contributed by atoms with van der Waals surface area (Å²) in [5, 5.41) is 13.5. The SMILES string of the molecule is CC.CC(/C=C\CC#CCc1cc(-c2cc3c4c(cccc4c2)-c2ccccc2-3)ccc1O)N(c1ccc2c(c1)C(C)(C)c1ccccc1-2)c1cccc2c1-c1ccccc1C2(C)C. The minimum atomic E-state index is -0.105. The molecule has 0 heterocycles. The van der Waals surface area contributed by atoms with Gasteiger partial charge in [-0.25, -0.2) is 0 Å². The fourth-order valence-corrected chi connectivity index (χ4v) is 10.9. The minimum Gasteiger partial charge on any atom is -0.508 e. The molecular weight excluding hydrogens is 775 g/mol. The Hall–Kier alpha value is -7.08. The van der Waals surface area contributed by atoms with E-state index in [1.54, 1.807) is 0 Å². The fraction of sp³-hybridized carbons (Fsp3) is 0.194. The number of anilines is 2. The molecule has 0 spiro atoms. The van der Waals surface area contributed by atoms with Crippen LogP contribution < -0.4 is 4.90 Å². The predicted octanol–water partition coefficient (Wildman–Crippen LogP) is 16.2. The Morgan fingerprint density at radius 3 is 1.95 bits per heavy atom. The summed E-state index contributed by atoms with van der Waals surface area (Å²) in [7, 11) is 0. The second-order valence-corrected chi connectivity index (χ2v) is 18.4. The number of aromatic hydroxyl groups is 1. The number of fused-ring (bicyclic) bond motifs is 9. The molecule has 1 unspecified atom stereocenters. The number of hydrogen-bond acceptors (Lipinski definition) is 2.